The molecule has 0 aliphatic carbocycles. The zero-order valence-electron chi connectivity index (χ0n) is 20.3. The van der Waals surface area contributed by atoms with Crippen molar-refractivity contribution in [1.82, 2.24) is 14.2 Å². The number of hydrogen-bond donors (Lipinski definition) is 1. The number of fused-ring (bicyclic) bond motifs is 1. The van der Waals surface area contributed by atoms with Gasteiger partial charge in [0.15, 0.2) is 0 Å². The molecule has 3 atom stereocenters. The summed E-state index contributed by atoms with van der Waals surface area (Å²) >= 11 is 0. The molecule has 188 valence electrons. The summed E-state index contributed by atoms with van der Waals surface area (Å²) in [5.74, 6) is 5.24. The molecule has 1 aliphatic heterocycles. The molecule has 0 saturated carbocycles. The van der Waals surface area contributed by atoms with E-state index in [0.717, 1.165) is 0 Å². The van der Waals surface area contributed by atoms with E-state index < -0.39 is 22.2 Å². The lowest BCUT2D eigenvalue weighted by Gasteiger charge is -2.37. The van der Waals surface area contributed by atoms with Gasteiger partial charge in [-0.25, -0.2) is 13.4 Å². The van der Waals surface area contributed by atoms with Crippen LogP contribution in [0.5, 0.6) is 5.88 Å². The minimum atomic E-state index is -3.74. The maximum Gasteiger partial charge on any atom is 0.259 e. The van der Waals surface area contributed by atoms with E-state index in [1.165, 1.54) is 24.7 Å². The van der Waals surface area contributed by atoms with Gasteiger partial charge in [-0.2, -0.15) is 4.31 Å². The molecule has 0 saturated heterocycles. The molecule has 2 heterocycles. The fourth-order valence-corrected chi connectivity index (χ4v) is 4.93. The number of aromatic nitrogens is 1. The summed E-state index contributed by atoms with van der Waals surface area (Å²) in [6.07, 6.45) is 0.902. The van der Waals surface area contributed by atoms with Crippen molar-refractivity contribution in [2.45, 2.75) is 30.9 Å². The Morgan fingerprint density at radius 3 is 2.71 bits per heavy atom. The summed E-state index contributed by atoms with van der Waals surface area (Å²) < 4.78 is 38.5. The van der Waals surface area contributed by atoms with Crippen LogP contribution in [-0.2, 0) is 14.8 Å². The molecule has 9 nitrogen and oxygen atoms in total. The first-order valence-electron chi connectivity index (χ1n) is 11.3. The summed E-state index contributed by atoms with van der Waals surface area (Å²) in [6.45, 7) is 3.96. The smallest absolute Gasteiger partial charge is 0.259 e. The first kappa shape index (κ1) is 26.6. The minimum absolute atomic E-state index is 0.0461. The van der Waals surface area contributed by atoms with Gasteiger partial charge < -0.3 is 19.5 Å². The normalized spacial score (nSPS) is 19.1. The topological polar surface area (TPSA) is 109 Å². The van der Waals surface area contributed by atoms with E-state index in [1.54, 1.807) is 48.2 Å². The number of amides is 1. The Labute approximate surface area is 206 Å². The average molecular weight is 502 g/mol. The molecule has 1 amide bonds. The lowest BCUT2D eigenvalue weighted by Crippen LogP contribution is -2.50. The van der Waals surface area contributed by atoms with Crippen molar-refractivity contribution >= 4 is 15.9 Å². The van der Waals surface area contributed by atoms with E-state index in [0.29, 0.717) is 5.56 Å². The van der Waals surface area contributed by atoms with Crippen LogP contribution < -0.4 is 4.74 Å². The fraction of sp³-hybridized carbons (Fsp3) is 0.440. The van der Waals surface area contributed by atoms with E-state index in [-0.39, 0.29) is 54.5 Å². The Bertz CT molecular complexity index is 1190. The summed E-state index contributed by atoms with van der Waals surface area (Å²) in [5, 5.41) is 9.78. The Morgan fingerprint density at radius 2 is 2.06 bits per heavy atom. The van der Waals surface area contributed by atoms with Crippen molar-refractivity contribution in [3.8, 4) is 17.7 Å². The predicted octanol–water partition coefficient (Wildman–Crippen LogP) is 1.62. The van der Waals surface area contributed by atoms with Crippen LogP contribution >= 0.6 is 0 Å². The molecule has 0 unspecified atom stereocenters. The molecule has 35 heavy (non-hydrogen) atoms. The van der Waals surface area contributed by atoms with Crippen molar-refractivity contribution in [3.63, 3.8) is 0 Å². The lowest BCUT2D eigenvalue weighted by atomic mass is 10.0. The standard InChI is InChI=1S/C25H31N3O6S/c1-18-15-28(19(2)17-29)25(30)22-13-20(9-8-12-33-4)14-26-24(22)34-23(18)16-27(3)35(31,32)21-10-6-5-7-11-21/h5-7,10-11,13-14,18-19,23,29H,12,15-17H2,1-4H3/t18-,19+,23-/m0/s1. The van der Waals surface area contributed by atoms with Crippen LogP contribution in [0.3, 0.4) is 0 Å². The Hall–Kier alpha value is -2.97. The Balaban J connectivity index is 1.97. The number of ether oxygens (including phenoxy) is 2. The number of pyridine rings is 1. The van der Waals surface area contributed by atoms with Crippen LogP contribution in [0.2, 0.25) is 0 Å². The molecule has 0 fully saturated rings. The Morgan fingerprint density at radius 1 is 1.34 bits per heavy atom. The van der Waals surface area contributed by atoms with E-state index >= 15 is 0 Å². The van der Waals surface area contributed by atoms with Crippen molar-refractivity contribution < 1.29 is 27.8 Å². The van der Waals surface area contributed by atoms with Crippen molar-refractivity contribution in [2.24, 2.45) is 5.92 Å². The number of aliphatic hydroxyl groups is 1. The van der Waals surface area contributed by atoms with Gasteiger partial charge in [0.25, 0.3) is 5.91 Å². The summed E-state index contributed by atoms with van der Waals surface area (Å²) in [5.41, 5.74) is 0.725. The zero-order chi connectivity index (χ0) is 25.6. The van der Waals surface area contributed by atoms with Crippen LogP contribution in [-0.4, -0.2) is 86.2 Å². The molecule has 1 aliphatic rings. The molecule has 2 aromatic rings. The van der Waals surface area contributed by atoms with Crippen LogP contribution in [0, 0.1) is 17.8 Å². The van der Waals surface area contributed by atoms with Crippen LogP contribution in [0.25, 0.3) is 0 Å². The molecule has 3 rings (SSSR count). The van der Waals surface area contributed by atoms with Crippen LogP contribution in [0.4, 0.5) is 0 Å². The highest BCUT2D eigenvalue weighted by atomic mass is 32.2. The summed E-state index contributed by atoms with van der Waals surface area (Å²) in [6, 6.07) is 9.32. The molecule has 1 aromatic heterocycles. The quantitative estimate of drug-likeness (QED) is 0.574. The molecule has 1 N–H and O–H groups in total. The Kier molecular flexibility index (Phi) is 8.86. The van der Waals surface area contributed by atoms with E-state index in [2.05, 4.69) is 16.8 Å². The third-order valence-electron chi connectivity index (χ3n) is 5.86. The summed E-state index contributed by atoms with van der Waals surface area (Å²) in [4.78, 5) is 19.5. The maximum absolute atomic E-state index is 13.4. The van der Waals surface area contributed by atoms with Gasteiger partial charge in [0.1, 0.15) is 18.3 Å². The highest BCUT2D eigenvalue weighted by Crippen LogP contribution is 2.28. The third-order valence-corrected chi connectivity index (χ3v) is 7.70. The van der Waals surface area contributed by atoms with E-state index in [1.807, 2.05) is 6.92 Å². The fourth-order valence-electron chi connectivity index (χ4n) is 3.72. The molecular weight excluding hydrogens is 470 g/mol. The number of benzene rings is 1. The first-order valence-corrected chi connectivity index (χ1v) is 12.7. The average Bonchev–Trinajstić information content (AvgIpc) is 2.86. The lowest BCUT2D eigenvalue weighted by molar-refractivity contribution is 0.0373. The number of carbonyl (C=O) groups is 1. The zero-order valence-corrected chi connectivity index (χ0v) is 21.2. The number of rotatable bonds is 7. The van der Waals surface area contributed by atoms with Crippen molar-refractivity contribution in [3.05, 3.63) is 53.7 Å². The second kappa shape index (κ2) is 11.6. The van der Waals surface area contributed by atoms with E-state index in [9.17, 15) is 18.3 Å². The van der Waals surface area contributed by atoms with Gasteiger partial charge >= 0.3 is 0 Å². The highest BCUT2D eigenvalue weighted by molar-refractivity contribution is 7.89. The second-order valence-corrected chi connectivity index (χ2v) is 10.6. The van der Waals surface area contributed by atoms with Gasteiger partial charge in [-0.05, 0) is 25.1 Å². The largest absolute Gasteiger partial charge is 0.472 e. The summed E-state index contributed by atoms with van der Waals surface area (Å²) in [7, 11) is -0.706. The number of methoxy groups -OCH3 is 1. The number of likely N-dealkylation sites (N-methyl/N-ethyl adjacent to an activating group) is 1. The highest BCUT2D eigenvalue weighted by Gasteiger charge is 2.35. The molecule has 10 heteroatoms. The second-order valence-electron chi connectivity index (χ2n) is 8.53. The van der Waals surface area contributed by atoms with Gasteiger partial charge in [-0.3, -0.25) is 4.79 Å². The minimum Gasteiger partial charge on any atom is -0.472 e. The number of aliphatic hydroxyl groups excluding tert-OH is 1. The molecule has 0 radical (unpaired) electrons. The monoisotopic (exact) mass is 501 g/mol. The van der Waals surface area contributed by atoms with Gasteiger partial charge in [0.2, 0.25) is 15.9 Å². The van der Waals surface area contributed by atoms with Crippen molar-refractivity contribution in [1.29, 1.82) is 0 Å². The number of hydrogen-bond acceptors (Lipinski definition) is 7. The number of nitrogens with zero attached hydrogens (tertiary/aromatic N) is 3. The SMILES string of the molecule is COCC#Cc1cnc2c(c1)C(=O)N([C@H](C)CO)C[C@H](C)[C@H](CN(C)S(=O)(=O)c1ccccc1)O2. The number of carbonyl (C=O) groups excluding carboxylic acids is 1. The van der Waals surface area contributed by atoms with Gasteiger partial charge in [-0.1, -0.05) is 37.0 Å². The van der Waals surface area contributed by atoms with Gasteiger partial charge in [0, 0.05) is 38.4 Å². The maximum atomic E-state index is 13.4. The number of sulfonamides is 1. The van der Waals surface area contributed by atoms with Crippen LogP contribution in [0.1, 0.15) is 29.8 Å². The van der Waals surface area contributed by atoms with Crippen molar-refractivity contribution in [2.75, 3.05) is 40.5 Å². The van der Waals surface area contributed by atoms with Gasteiger partial charge in [0.05, 0.1) is 24.1 Å². The van der Waals surface area contributed by atoms with Crippen LogP contribution in [0.15, 0.2) is 47.5 Å². The molecular formula is C25H31N3O6S. The first-order chi connectivity index (χ1) is 16.7. The molecule has 1 aromatic carbocycles. The van der Waals surface area contributed by atoms with Gasteiger partial charge in [-0.15, -0.1) is 0 Å². The van der Waals surface area contributed by atoms with E-state index in [4.69, 9.17) is 9.47 Å². The molecule has 0 spiro atoms. The molecule has 0 bridgehead atoms. The third kappa shape index (κ3) is 6.18. The predicted molar refractivity (Wildman–Crippen MR) is 130 cm³/mol.